The van der Waals surface area contributed by atoms with Gasteiger partial charge in [-0.15, -0.1) is 0 Å². The fourth-order valence-corrected chi connectivity index (χ4v) is 7.50. The maximum absolute atomic E-state index is 3.12. The molecule has 0 saturated heterocycles. The van der Waals surface area contributed by atoms with Crippen LogP contribution in [0.2, 0.25) is 0 Å². The second kappa shape index (κ2) is 11.6. The van der Waals surface area contributed by atoms with E-state index in [9.17, 15) is 0 Å². The van der Waals surface area contributed by atoms with Crippen LogP contribution in [0.3, 0.4) is 0 Å². The molecule has 0 atom stereocenters. The van der Waals surface area contributed by atoms with Crippen LogP contribution in [0.25, 0.3) is 82.1 Å². The zero-order valence-electron chi connectivity index (χ0n) is 26.8. The highest BCUT2D eigenvalue weighted by Gasteiger charge is 2.17. The first-order chi connectivity index (χ1) is 23.8. The van der Waals surface area contributed by atoms with Gasteiger partial charge in [0.05, 0.1) is 16.7 Å². The molecule has 0 fully saturated rings. The van der Waals surface area contributed by atoms with Crippen molar-refractivity contribution in [3.05, 3.63) is 176 Å². The molecule has 0 bridgehead atoms. The first-order valence-electron chi connectivity index (χ1n) is 16.7. The van der Waals surface area contributed by atoms with Gasteiger partial charge in [0.1, 0.15) is 0 Å². The summed E-state index contributed by atoms with van der Waals surface area (Å²) < 4.78 is 2.50. The average molecular weight is 615 g/mol. The van der Waals surface area contributed by atoms with Crippen molar-refractivity contribution in [3.63, 3.8) is 0 Å². The second-order valence-electron chi connectivity index (χ2n) is 12.6. The lowest BCUT2D eigenvalue weighted by Gasteiger charge is -2.14. The molecule has 0 aliphatic rings. The Morgan fingerprint density at radius 2 is 1.19 bits per heavy atom. The monoisotopic (exact) mass is 614 g/mol. The van der Waals surface area contributed by atoms with Gasteiger partial charge in [-0.05, 0) is 86.2 Å². The Morgan fingerprint density at radius 3 is 2.06 bits per heavy atom. The molecule has 8 aromatic carbocycles. The summed E-state index contributed by atoms with van der Waals surface area (Å²) in [6, 6.07) is 58.1. The van der Waals surface area contributed by atoms with E-state index >= 15 is 0 Å². The highest BCUT2D eigenvalue weighted by Crippen LogP contribution is 2.40. The second-order valence-corrected chi connectivity index (χ2v) is 12.6. The van der Waals surface area contributed by atoms with Crippen LogP contribution in [0, 0.1) is 0 Å². The maximum Gasteiger partial charge on any atom is 0.0619 e. The topological polar surface area (TPSA) is 17.0 Å². The number of hydrogen-bond donors (Lipinski definition) is 1. The lowest BCUT2D eigenvalue weighted by molar-refractivity contribution is 1.08. The molecule has 48 heavy (non-hydrogen) atoms. The van der Waals surface area contributed by atoms with Crippen molar-refractivity contribution in [1.82, 2.24) is 9.88 Å². The largest absolute Gasteiger partial charge is 0.394 e. The molecule has 0 aliphatic heterocycles. The molecule has 0 radical (unpaired) electrons. The van der Waals surface area contributed by atoms with E-state index in [1.54, 1.807) is 0 Å². The van der Waals surface area contributed by atoms with Crippen LogP contribution in [0.4, 0.5) is 0 Å². The Morgan fingerprint density at radius 1 is 0.500 bits per heavy atom. The molecule has 2 nitrogen and oxygen atoms in total. The zero-order chi connectivity index (χ0) is 32.0. The zero-order valence-corrected chi connectivity index (χ0v) is 26.8. The molecule has 9 rings (SSSR count). The number of fused-ring (bicyclic) bond motifs is 7. The van der Waals surface area contributed by atoms with Gasteiger partial charge in [-0.2, -0.15) is 0 Å². The first-order valence-corrected chi connectivity index (χ1v) is 16.7. The summed E-state index contributed by atoms with van der Waals surface area (Å²) in [6.45, 7) is 0. The number of nitrogens with one attached hydrogen (secondary N) is 1. The number of nitrogens with zero attached hydrogens (tertiary/aromatic N) is 1. The van der Waals surface area contributed by atoms with Crippen molar-refractivity contribution >= 4 is 54.1 Å². The van der Waals surface area contributed by atoms with Gasteiger partial charge >= 0.3 is 0 Å². The number of benzene rings is 8. The van der Waals surface area contributed by atoms with Gasteiger partial charge < -0.3 is 9.88 Å². The van der Waals surface area contributed by atoms with Gasteiger partial charge in [0, 0.05) is 28.6 Å². The minimum Gasteiger partial charge on any atom is -0.394 e. The van der Waals surface area contributed by atoms with Crippen LogP contribution in [0.5, 0.6) is 0 Å². The molecule has 1 aromatic heterocycles. The Kier molecular flexibility index (Phi) is 6.80. The molecule has 2 heteroatoms. The quantitative estimate of drug-likeness (QED) is 0.197. The minimum atomic E-state index is 0.871. The number of allylic oxidation sites excluding steroid dienone is 1. The van der Waals surface area contributed by atoms with E-state index in [-0.39, 0.29) is 0 Å². The summed E-state index contributed by atoms with van der Waals surface area (Å²) in [7, 11) is 1.94. The standard InChI is InChI=1S/C46H34N2/c1-47-27-9-10-31-21-24-42-43-26-23-37-30-35(34-15-6-16-36(29-34)39-19-7-13-32-11-2-4-17-38(32)39)22-25-41(37)46(43)48(45(42)28-31)44-20-8-14-33-12-3-5-18-40(33)44/h2-9,11-30,47H,10H2,1H3/b27-9-. The Balaban J connectivity index is 1.25. The third kappa shape index (κ3) is 4.65. The van der Waals surface area contributed by atoms with Crippen LogP contribution in [0.1, 0.15) is 5.56 Å². The van der Waals surface area contributed by atoms with Gasteiger partial charge in [-0.1, -0.05) is 140 Å². The molecular formula is C46H34N2. The summed E-state index contributed by atoms with van der Waals surface area (Å²) >= 11 is 0. The van der Waals surface area contributed by atoms with E-state index in [1.807, 2.05) is 13.2 Å². The third-order valence-electron chi connectivity index (χ3n) is 9.75. The molecule has 1 N–H and O–H groups in total. The molecule has 9 aromatic rings. The van der Waals surface area contributed by atoms with E-state index in [1.165, 1.54) is 87.6 Å². The van der Waals surface area contributed by atoms with E-state index in [2.05, 4.69) is 174 Å². The summed E-state index contributed by atoms with van der Waals surface area (Å²) in [6.07, 6.45) is 5.06. The highest BCUT2D eigenvalue weighted by atomic mass is 15.0. The maximum atomic E-state index is 3.12. The summed E-state index contributed by atoms with van der Waals surface area (Å²) in [5, 5.41) is 13.2. The van der Waals surface area contributed by atoms with Gasteiger partial charge in [-0.25, -0.2) is 0 Å². The third-order valence-corrected chi connectivity index (χ3v) is 9.75. The molecule has 0 saturated carbocycles. The van der Waals surface area contributed by atoms with E-state index in [0.717, 1.165) is 6.42 Å². The van der Waals surface area contributed by atoms with Gasteiger partial charge in [0.15, 0.2) is 0 Å². The fourth-order valence-electron chi connectivity index (χ4n) is 7.50. The SMILES string of the molecule is CN/C=C\Cc1ccc2c3ccc4cc(-c5cccc(-c6cccc7ccccc67)c5)ccc4c3n(-c3cccc4ccccc34)c2c1. The van der Waals surface area contributed by atoms with Crippen molar-refractivity contribution in [3.8, 4) is 27.9 Å². The molecule has 0 unspecified atom stereocenters. The fraction of sp³-hybridized carbons (Fsp3) is 0.0435. The lowest BCUT2D eigenvalue weighted by atomic mass is 9.94. The number of hydrogen-bond acceptors (Lipinski definition) is 1. The molecule has 1 heterocycles. The van der Waals surface area contributed by atoms with Gasteiger partial charge in [0.25, 0.3) is 0 Å². The van der Waals surface area contributed by atoms with Crippen molar-refractivity contribution in [2.24, 2.45) is 0 Å². The molecule has 228 valence electrons. The molecule has 0 aliphatic carbocycles. The summed E-state index contributed by atoms with van der Waals surface area (Å²) in [5.41, 5.74) is 9.90. The van der Waals surface area contributed by atoms with E-state index in [4.69, 9.17) is 0 Å². The van der Waals surface area contributed by atoms with Crippen molar-refractivity contribution in [1.29, 1.82) is 0 Å². The van der Waals surface area contributed by atoms with Crippen molar-refractivity contribution in [2.75, 3.05) is 7.05 Å². The van der Waals surface area contributed by atoms with Crippen LogP contribution in [-0.2, 0) is 6.42 Å². The predicted octanol–water partition coefficient (Wildman–Crippen LogP) is 11.9. The Hall–Kier alpha value is -6.12. The molecular weight excluding hydrogens is 581 g/mol. The number of aromatic nitrogens is 1. The van der Waals surface area contributed by atoms with Crippen LogP contribution in [-0.4, -0.2) is 11.6 Å². The highest BCUT2D eigenvalue weighted by molar-refractivity contribution is 6.19. The summed E-state index contributed by atoms with van der Waals surface area (Å²) in [4.78, 5) is 0. The Labute approximate surface area is 280 Å². The average Bonchev–Trinajstić information content (AvgIpc) is 3.48. The molecule has 0 amide bonds. The number of rotatable bonds is 6. The first kappa shape index (κ1) is 28.1. The van der Waals surface area contributed by atoms with Crippen molar-refractivity contribution < 1.29 is 0 Å². The van der Waals surface area contributed by atoms with Crippen LogP contribution in [0.15, 0.2) is 170 Å². The van der Waals surface area contributed by atoms with Crippen molar-refractivity contribution in [2.45, 2.75) is 6.42 Å². The van der Waals surface area contributed by atoms with E-state index < -0.39 is 0 Å². The van der Waals surface area contributed by atoms with Crippen LogP contribution < -0.4 is 5.32 Å². The van der Waals surface area contributed by atoms with E-state index in [0.29, 0.717) is 0 Å². The van der Waals surface area contributed by atoms with Gasteiger partial charge in [-0.3, -0.25) is 0 Å². The predicted molar refractivity (Wildman–Crippen MR) is 206 cm³/mol. The summed E-state index contributed by atoms with van der Waals surface area (Å²) in [5.74, 6) is 0. The smallest absolute Gasteiger partial charge is 0.0619 e. The Bertz CT molecular complexity index is 2680. The van der Waals surface area contributed by atoms with Crippen LogP contribution >= 0.6 is 0 Å². The minimum absolute atomic E-state index is 0.871. The normalized spacial score (nSPS) is 11.9. The molecule has 0 spiro atoms. The lowest BCUT2D eigenvalue weighted by Crippen LogP contribution is -1.97. The van der Waals surface area contributed by atoms with Gasteiger partial charge in [0.2, 0.25) is 0 Å².